The van der Waals surface area contributed by atoms with E-state index in [1.165, 1.54) is 75.8 Å². The Bertz CT molecular complexity index is 2790. The Balaban J connectivity index is 1.07. The molecular formula is C51H37NS. The van der Waals surface area contributed by atoms with Gasteiger partial charge in [0.25, 0.3) is 0 Å². The lowest BCUT2D eigenvalue weighted by Crippen LogP contribution is -2.14. The van der Waals surface area contributed by atoms with E-state index in [0.717, 1.165) is 17.1 Å². The molecule has 0 unspecified atom stereocenters. The Kier molecular flexibility index (Phi) is 7.42. The number of hydrogen-bond acceptors (Lipinski definition) is 2. The Morgan fingerprint density at radius 3 is 1.75 bits per heavy atom. The second-order valence-corrected chi connectivity index (χ2v) is 15.6. The highest BCUT2D eigenvalue weighted by molar-refractivity contribution is 7.26. The normalized spacial score (nSPS) is 12.9. The summed E-state index contributed by atoms with van der Waals surface area (Å²) in [5.41, 5.74) is 16.2. The van der Waals surface area contributed by atoms with Crippen LogP contribution >= 0.6 is 11.3 Å². The van der Waals surface area contributed by atoms with Crippen LogP contribution in [0.1, 0.15) is 25.0 Å². The minimum Gasteiger partial charge on any atom is -0.310 e. The molecule has 9 aromatic rings. The van der Waals surface area contributed by atoms with Crippen LogP contribution in [0.3, 0.4) is 0 Å². The first-order valence-corrected chi connectivity index (χ1v) is 19.2. The molecule has 252 valence electrons. The lowest BCUT2D eigenvalue weighted by atomic mass is 9.82. The lowest BCUT2D eigenvalue weighted by molar-refractivity contribution is 0.660. The quantitative estimate of drug-likeness (QED) is 0.167. The summed E-state index contributed by atoms with van der Waals surface area (Å²) in [4.78, 5) is 2.40. The molecule has 1 aromatic heterocycles. The summed E-state index contributed by atoms with van der Waals surface area (Å²) in [6, 6.07) is 69.0. The molecule has 0 amide bonds. The number of para-hydroxylation sites is 1. The maximum absolute atomic E-state index is 2.40. The summed E-state index contributed by atoms with van der Waals surface area (Å²) in [7, 11) is 0. The zero-order valence-electron chi connectivity index (χ0n) is 29.8. The van der Waals surface area contributed by atoms with Crippen LogP contribution in [0, 0.1) is 0 Å². The average Bonchev–Trinajstić information content (AvgIpc) is 3.71. The molecule has 0 aliphatic heterocycles. The van der Waals surface area contributed by atoms with Crippen LogP contribution in [0.5, 0.6) is 0 Å². The number of anilines is 3. The predicted octanol–water partition coefficient (Wildman–Crippen LogP) is 14.8. The van der Waals surface area contributed by atoms with Gasteiger partial charge in [-0.3, -0.25) is 0 Å². The molecule has 0 saturated heterocycles. The third-order valence-corrected chi connectivity index (χ3v) is 12.3. The molecular weight excluding hydrogens is 659 g/mol. The van der Waals surface area contributed by atoms with Gasteiger partial charge in [-0.25, -0.2) is 0 Å². The van der Waals surface area contributed by atoms with Gasteiger partial charge in [-0.15, -0.1) is 11.3 Å². The van der Waals surface area contributed by atoms with Gasteiger partial charge in [0.05, 0.1) is 5.69 Å². The van der Waals surface area contributed by atoms with Crippen LogP contribution < -0.4 is 4.90 Å². The van der Waals surface area contributed by atoms with Gasteiger partial charge in [0.2, 0.25) is 0 Å². The van der Waals surface area contributed by atoms with Crippen LogP contribution in [-0.2, 0) is 5.41 Å². The van der Waals surface area contributed by atoms with Crippen molar-refractivity contribution in [3.8, 4) is 44.5 Å². The van der Waals surface area contributed by atoms with E-state index in [4.69, 9.17) is 0 Å². The van der Waals surface area contributed by atoms with Crippen molar-refractivity contribution in [2.75, 3.05) is 4.90 Å². The highest BCUT2D eigenvalue weighted by Gasteiger charge is 2.35. The third-order valence-electron chi connectivity index (χ3n) is 11.1. The Morgan fingerprint density at radius 2 is 0.962 bits per heavy atom. The number of thiophene rings is 1. The van der Waals surface area contributed by atoms with Crippen molar-refractivity contribution < 1.29 is 0 Å². The molecule has 0 saturated carbocycles. The number of hydrogen-bond donors (Lipinski definition) is 0. The molecule has 1 aliphatic carbocycles. The monoisotopic (exact) mass is 695 g/mol. The van der Waals surface area contributed by atoms with Crippen molar-refractivity contribution in [1.82, 2.24) is 0 Å². The fraction of sp³-hybridized carbons (Fsp3) is 0.0588. The Morgan fingerprint density at radius 1 is 0.396 bits per heavy atom. The average molecular weight is 696 g/mol. The first kappa shape index (κ1) is 31.5. The molecule has 0 radical (unpaired) electrons. The van der Waals surface area contributed by atoms with Gasteiger partial charge in [-0.1, -0.05) is 159 Å². The van der Waals surface area contributed by atoms with Crippen LogP contribution in [-0.4, -0.2) is 0 Å². The SMILES string of the molecule is CC1(C)c2ccccc2-c2cc(-c3ccc(N(c4ccc(-c5cccc6c5sc5ccccc56)cc4)c4ccccc4-c4ccccc4)cc3)ccc21. The minimum absolute atomic E-state index is 0.000892. The second-order valence-electron chi connectivity index (χ2n) is 14.5. The molecule has 53 heavy (non-hydrogen) atoms. The number of nitrogens with zero attached hydrogens (tertiary/aromatic N) is 1. The van der Waals surface area contributed by atoms with Crippen molar-refractivity contribution in [1.29, 1.82) is 0 Å². The van der Waals surface area contributed by atoms with Crippen LogP contribution in [0.4, 0.5) is 17.1 Å². The van der Waals surface area contributed by atoms with Gasteiger partial charge in [0, 0.05) is 42.5 Å². The van der Waals surface area contributed by atoms with Gasteiger partial charge < -0.3 is 4.90 Å². The lowest BCUT2D eigenvalue weighted by Gasteiger charge is -2.28. The number of fused-ring (bicyclic) bond motifs is 6. The van der Waals surface area contributed by atoms with E-state index in [2.05, 4.69) is 207 Å². The van der Waals surface area contributed by atoms with E-state index in [-0.39, 0.29) is 5.41 Å². The van der Waals surface area contributed by atoms with Crippen molar-refractivity contribution in [2.24, 2.45) is 0 Å². The van der Waals surface area contributed by atoms with Crippen molar-refractivity contribution in [3.63, 3.8) is 0 Å². The summed E-state index contributed by atoms with van der Waals surface area (Å²) >= 11 is 1.88. The van der Waals surface area contributed by atoms with Gasteiger partial charge in [-0.2, -0.15) is 0 Å². The molecule has 1 heterocycles. The fourth-order valence-corrected chi connectivity index (χ4v) is 9.66. The van der Waals surface area contributed by atoms with Crippen molar-refractivity contribution in [2.45, 2.75) is 19.3 Å². The highest BCUT2D eigenvalue weighted by atomic mass is 32.1. The summed E-state index contributed by atoms with van der Waals surface area (Å²) in [6.45, 7) is 4.68. The molecule has 1 nitrogen and oxygen atoms in total. The zero-order valence-corrected chi connectivity index (χ0v) is 30.6. The highest BCUT2D eigenvalue weighted by Crippen LogP contribution is 2.50. The topological polar surface area (TPSA) is 3.24 Å². The van der Waals surface area contributed by atoms with E-state index in [1.807, 2.05) is 11.3 Å². The molecule has 8 aromatic carbocycles. The Hall–Kier alpha value is -6.22. The van der Waals surface area contributed by atoms with E-state index in [9.17, 15) is 0 Å². The summed E-state index contributed by atoms with van der Waals surface area (Å²) in [6.07, 6.45) is 0. The van der Waals surface area contributed by atoms with Crippen LogP contribution in [0.25, 0.3) is 64.7 Å². The standard InChI is InChI=1S/C51H37NS/c1-51(2)46-20-9-6-16-42(46)45-33-37(27-32-47(45)51)34-23-28-38(29-24-34)52(48-21-10-7-15-40(48)35-13-4-3-5-14-35)39-30-25-36(26-31-39)41-18-12-19-44-43-17-8-11-22-49(43)53-50(41)44/h3-33H,1-2H3. The first-order valence-electron chi connectivity index (χ1n) is 18.3. The summed E-state index contributed by atoms with van der Waals surface area (Å²) in [5.74, 6) is 0. The molecule has 10 rings (SSSR count). The van der Waals surface area contributed by atoms with Crippen LogP contribution in [0.2, 0.25) is 0 Å². The van der Waals surface area contributed by atoms with E-state index in [1.54, 1.807) is 0 Å². The van der Waals surface area contributed by atoms with Gasteiger partial charge in [0.1, 0.15) is 0 Å². The largest absolute Gasteiger partial charge is 0.310 e. The summed E-state index contributed by atoms with van der Waals surface area (Å²) in [5, 5.41) is 2.65. The maximum atomic E-state index is 2.40. The molecule has 0 bridgehead atoms. The number of rotatable bonds is 6. The smallest absolute Gasteiger partial charge is 0.0540 e. The molecule has 0 spiro atoms. The maximum Gasteiger partial charge on any atom is 0.0540 e. The second kappa shape index (κ2) is 12.5. The molecule has 0 atom stereocenters. The van der Waals surface area contributed by atoms with E-state index >= 15 is 0 Å². The molecule has 2 heteroatoms. The van der Waals surface area contributed by atoms with Gasteiger partial charge in [0.15, 0.2) is 0 Å². The predicted molar refractivity (Wildman–Crippen MR) is 228 cm³/mol. The zero-order chi connectivity index (χ0) is 35.5. The third kappa shape index (κ3) is 5.21. The molecule has 0 N–H and O–H groups in total. The van der Waals surface area contributed by atoms with Crippen molar-refractivity contribution in [3.05, 3.63) is 199 Å². The first-order chi connectivity index (χ1) is 26.0. The molecule has 1 aliphatic rings. The summed E-state index contributed by atoms with van der Waals surface area (Å²) < 4.78 is 2.66. The van der Waals surface area contributed by atoms with E-state index in [0.29, 0.717) is 0 Å². The van der Waals surface area contributed by atoms with Gasteiger partial charge >= 0.3 is 0 Å². The van der Waals surface area contributed by atoms with Crippen LogP contribution in [0.15, 0.2) is 188 Å². The fourth-order valence-electron chi connectivity index (χ4n) is 8.42. The van der Waals surface area contributed by atoms with Crippen molar-refractivity contribution >= 4 is 48.6 Å². The minimum atomic E-state index is 0.000892. The molecule has 0 fully saturated rings. The van der Waals surface area contributed by atoms with Gasteiger partial charge in [-0.05, 0) is 92.5 Å². The van der Waals surface area contributed by atoms with E-state index < -0.39 is 0 Å². The number of benzene rings is 8. The Labute approximate surface area is 315 Å².